The van der Waals surface area contributed by atoms with Gasteiger partial charge in [0, 0.05) is 32.4 Å². The molecule has 0 aromatic carbocycles. The highest BCUT2D eigenvalue weighted by Gasteiger charge is 2.48. The van der Waals surface area contributed by atoms with Crippen molar-refractivity contribution in [3.05, 3.63) is 18.6 Å². The minimum atomic E-state index is -0.753. The number of H-pyrrole nitrogens is 1. The summed E-state index contributed by atoms with van der Waals surface area (Å²) in [5.74, 6) is 2.04. The average Bonchev–Trinajstić information content (AvgIpc) is 3.45. The summed E-state index contributed by atoms with van der Waals surface area (Å²) in [6.45, 7) is 3.43. The Morgan fingerprint density at radius 1 is 1.22 bits per heavy atom. The predicted octanol–water partition coefficient (Wildman–Crippen LogP) is 2.33. The molecular weight excluding hydrogens is 340 g/mol. The van der Waals surface area contributed by atoms with Crippen LogP contribution in [0, 0.1) is 28.6 Å². The van der Waals surface area contributed by atoms with Gasteiger partial charge in [-0.1, -0.05) is 12.8 Å². The van der Waals surface area contributed by atoms with Crippen LogP contribution in [0.1, 0.15) is 32.1 Å². The number of hydrogen-bond donors (Lipinski definition) is 1. The summed E-state index contributed by atoms with van der Waals surface area (Å²) in [7, 11) is 0. The monoisotopic (exact) mass is 364 g/mol. The number of nitrogens with zero attached hydrogens (tertiary/aromatic N) is 5. The summed E-state index contributed by atoms with van der Waals surface area (Å²) in [5, 5.41) is 10.7. The second-order valence-electron chi connectivity index (χ2n) is 8.30. The lowest BCUT2D eigenvalue weighted by molar-refractivity contribution is -0.138. The molecule has 1 N–H and O–H groups in total. The minimum absolute atomic E-state index is 0.0820. The third kappa shape index (κ3) is 2.58. The molecule has 2 aromatic heterocycles. The lowest BCUT2D eigenvalue weighted by Gasteiger charge is -2.35. The molecule has 0 spiro atoms. The number of aromatic nitrogens is 3. The number of carbonyl (C=O) groups excluding carboxylic acids is 1. The first-order chi connectivity index (χ1) is 13.2. The van der Waals surface area contributed by atoms with Gasteiger partial charge in [-0.15, -0.1) is 0 Å². The molecule has 7 heteroatoms. The van der Waals surface area contributed by atoms with Crippen LogP contribution in [-0.4, -0.2) is 51.9 Å². The smallest absolute Gasteiger partial charge is 0.243 e. The standard InChI is InChI=1S/C20H24N6O/c21-12-20(5-1-2-6-20)19(27)26-9-14-4-8-25(10-15(14)11-26)18-16-3-7-22-17(16)23-13-24-18/h3,7,13-15H,1-2,4-6,8-11H2,(H,22,23,24)/t14-,15+/m1/s1. The Labute approximate surface area is 158 Å². The Kier molecular flexibility index (Phi) is 3.81. The second kappa shape index (κ2) is 6.22. The molecular formula is C20H24N6O. The molecule has 3 aliphatic rings. The number of carbonyl (C=O) groups is 1. The summed E-state index contributed by atoms with van der Waals surface area (Å²) in [6.07, 6.45) is 8.02. The maximum atomic E-state index is 13.1. The molecule has 4 heterocycles. The number of nitriles is 1. The fraction of sp³-hybridized carbons (Fsp3) is 0.600. The van der Waals surface area contributed by atoms with Gasteiger partial charge in [0.05, 0.1) is 11.5 Å². The Balaban J connectivity index is 1.33. The zero-order valence-corrected chi connectivity index (χ0v) is 15.4. The lowest BCUT2D eigenvalue weighted by atomic mass is 9.86. The van der Waals surface area contributed by atoms with Crippen molar-refractivity contribution in [1.82, 2.24) is 19.9 Å². The first kappa shape index (κ1) is 16.5. The fourth-order valence-corrected chi connectivity index (χ4v) is 5.29. The van der Waals surface area contributed by atoms with E-state index < -0.39 is 5.41 Å². The van der Waals surface area contributed by atoms with Crippen LogP contribution in [0.4, 0.5) is 5.82 Å². The molecule has 0 radical (unpaired) electrons. The van der Waals surface area contributed by atoms with Gasteiger partial charge >= 0.3 is 0 Å². The van der Waals surface area contributed by atoms with Crippen LogP contribution in [-0.2, 0) is 4.79 Å². The van der Waals surface area contributed by atoms with Crippen molar-refractivity contribution >= 4 is 22.8 Å². The predicted molar refractivity (Wildman–Crippen MR) is 101 cm³/mol. The zero-order valence-electron chi connectivity index (χ0n) is 15.4. The van der Waals surface area contributed by atoms with Crippen LogP contribution in [0.3, 0.4) is 0 Å². The van der Waals surface area contributed by atoms with Gasteiger partial charge in [-0.2, -0.15) is 5.26 Å². The molecule has 0 unspecified atom stereocenters. The molecule has 2 atom stereocenters. The third-order valence-electron chi connectivity index (χ3n) is 6.80. The molecule has 0 bridgehead atoms. The SMILES string of the molecule is N#CC1(C(=O)N2C[C@H]3CCN(c4ncnc5[nH]ccc45)C[C@H]3C2)CCCC1. The molecule has 5 rings (SSSR count). The molecule has 2 saturated heterocycles. The van der Waals surface area contributed by atoms with Gasteiger partial charge in [-0.25, -0.2) is 9.97 Å². The van der Waals surface area contributed by atoms with Crippen molar-refractivity contribution in [3.8, 4) is 6.07 Å². The van der Waals surface area contributed by atoms with Crippen molar-refractivity contribution in [2.75, 3.05) is 31.1 Å². The van der Waals surface area contributed by atoms with E-state index in [0.717, 1.165) is 75.1 Å². The first-order valence-electron chi connectivity index (χ1n) is 9.94. The Morgan fingerprint density at radius 3 is 2.85 bits per heavy atom. The number of anilines is 1. The maximum absolute atomic E-state index is 13.1. The van der Waals surface area contributed by atoms with Crippen molar-refractivity contribution in [2.24, 2.45) is 17.3 Å². The van der Waals surface area contributed by atoms with Gasteiger partial charge in [0.25, 0.3) is 0 Å². The van der Waals surface area contributed by atoms with Crippen LogP contribution in [0.5, 0.6) is 0 Å². The van der Waals surface area contributed by atoms with Crippen LogP contribution < -0.4 is 4.90 Å². The van der Waals surface area contributed by atoms with Gasteiger partial charge in [0.15, 0.2) is 0 Å². The minimum Gasteiger partial charge on any atom is -0.356 e. The fourth-order valence-electron chi connectivity index (χ4n) is 5.29. The number of rotatable bonds is 2. The van der Waals surface area contributed by atoms with Gasteiger partial charge in [0.1, 0.15) is 23.2 Å². The van der Waals surface area contributed by atoms with E-state index in [-0.39, 0.29) is 5.91 Å². The number of aromatic amines is 1. The number of likely N-dealkylation sites (tertiary alicyclic amines) is 1. The molecule has 3 fully saturated rings. The van der Waals surface area contributed by atoms with E-state index in [9.17, 15) is 10.1 Å². The van der Waals surface area contributed by atoms with E-state index in [1.165, 1.54) is 0 Å². The van der Waals surface area contributed by atoms with Crippen molar-refractivity contribution < 1.29 is 4.79 Å². The molecule has 1 aliphatic carbocycles. The Morgan fingerprint density at radius 2 is 2.04 bits per heavy atom. The molecule has 1 saturated carbocycles. The van der Waals surface area contributed by atoms with Crippen molar-refractivity contribution in [2.45, 2.75) is 32.1 Å². The number of piperidine rings is 1. The normalized spacial score (nSPS) is 26.9. The summed E-state index contributed by atoms with van der Waals surface area (Å²) < 4.78 is 0. The molecule has 140 valence electrons. The summed E-state index contributed by atoms with van der Waals surface area (Å²) in [6, 6.07) is 4.39. The zero-order chi connectivity index (χ0) is 18.4. The number of amides is 1. The van der Waals surface area contributed by atoms with E-state index in [1.807, 2.05) is 17.2 Å². The van der Waals surface area contributed by atoms with Gasteiger partial charge < -0.3 is 14.8 Å². The summed E-state index contributed by atoms with van der Waals surface area (Å²) in [4.78, 5) is 29.4. The van der Waals surface area contributed by atoms with Crippen molar-refractivity contribution in [1.29, 1.82) is 5.26 Å². The van der Waals surface area contributed by atoms with E-state index in [2.05, 4.69) is 25.9 Å². The van der Waals surface area contributed by atoms with Crippen LogP contribution in [0.15, 0.2) is 18.6 Å². The van der Waals surface area contributed by atoms with Crippen LogP contribution >= 0.6 is 0 Å². The number of fused-ring (bicyclic) bond motifs is 2. The van der Waals surface area contributed by atoms with E-state index >= 15 is 0 Å². The average molecular weight is 364 g/mol. The van der Waals surface area contributed by atoms with E-state index in [4.69, 9.17) is 0 Å². The number of hydrogen-bond acceptors (Lipinski definition) is 5. The Hall–Kier alpha value is -2.62. The molecule has 7 nitrogen and oxygen atoms in total. The lowest BCUT2D eigenvalue weighted by Crippen LogP contribution is -2.41. The summed E-state index contributed by atoms with van der Waals surface area (Å²) >= 11 is 0. The molecule has 1 amide bonds. The number of nitrogens with one attached hydrogen (secondary N) is 1. The van der Waals surface area contributed by atoms with Gasteiger partial charge in [-0.05, 0) is 37.2 Å². The van der Waals surface area contributed by atoms with Gasteiger partial charge in [-0.3, -0.25) is 4.79 Å². The quantitative estimate of drug-likeness (QED) is 0.883. The van der Waals surface area contributed by atoms with Crippen LogP contribution in [0.25, 0.3) is 11.0 Å². The maximum Gasteiger partial charge on any atom is 0.243 e. The topological polar surface area (TPSA) is 88.9 Å². The molecule has 2 aliphatic heterocycles. The highest BCUT2D eigenvalue weighted by molar-refractivity contribution is 5.87. The second-order valence-corrected chi connectivity index (χ2v) is 8.30. The van der Waals surface area contributed by atoms with E-state index in [1.54, 1.807) is 6.33 Å². The first-order valence-corrected chi connectivity index (χ1v) is 9.94. The third-order valence-corrected chi connectivity index (χ3v) is 6.80. The van der Waals surface area contributed by atoms with Gasteiger partial charge in [0.2, 0.25) is 5.91 Å². The Bertz CT molecular complexity index is 909. The van der Waals surface area contributed by atoms with Crippen molar-refractivity contribution in [3.63, 3.8) is 0 Å². The molecule has 27 heavy (non-hydrogen) atoms. The summed E-state index contributed by atoms with van der Waals surface area (Å²) in [5.41, 5.74) is 0.111. The molecule has 2 aromatic rings. The van der Waals surface area contributed by atoms with E-state index in [0.29, 0.717) is 11.8 Å². The highest BCUT2D eigenvalue weighted by Crippen LogP contribution is 2.42. The highest BCUT2D eigenvalue weighted by atomic mass is 16.2. The van der Waals surface area contributed by atoms with Crippen LogP contribution in [0.2, 0.25) is 0 Å². The largest absolute Gasteiger partial charge is 0.356 e.